The molecular formula is C13H28N2O. The van der Waals surface area contributed by atoms with Gasteiger partial charge in [-0.1, -0.05) is 40.0 Å². The Kier molecular flexibility index (Phi) is 8.26. The summed E-state index contributed by atoms with van der Waals surface area (Å²) >= 11 is 0. The van der Waals surface area contributed by atoms with Crippen LogP contribution >= 0.6 is 0 Å². The first-order chi connectivity index (χ1) is 7.64. The normalized spacial score (nSPS) is 11.5. The fourth-order valence-corrected chi connectivity index (χ4v) is 1.84. The van der Waals surface area contributed by atoms with E-state index in [-0.39, 0.29) is 11.4 Å². The molecule has 0 aromatic heterocycles. The highest BCUT2D eigenvalue weighted by molar-refractivity contribution is 5.76. The van der Waals surface area contributed by atoms with E-state index in [9.17, 15) is 4.79 Å². The van der Waals surface area contributed by atoms with Crippen LogP contribution in [0.4, 0.5) is 0 Å². The Morgan fingerprint density at radius 2 is 1.75 bits per heavy atom. The van der Waals surface area contributed by atoms with Gasteiger partial charge in [0.2, 0.25) is 5.91 Å². The first-order valence-corrected chi connectivity index (χ1v) is 6.65. The summed E-state index contributed by atoms with van der Waals surface area (Å²) in [6, 6.07) is 0. The molecule has 1 amide bonds. The maximum Gasteiger partial charge on any atom is 0.220 e. The Morgan fingerprint density at radius 1 is 1.12 bits per heavy atom. The molecule has 0 fully saturated rings. The lowest BCUT2D eigenvalue weighted by Crippen LogP contribution is -2.52. The van der Waals surface area contributed by atoms with E-state index >= 15 is 0 Å². The van der Waals surface area contributed by atoms with Crippen molar-refractivity contribution in [3.63, 3.8) is 0 Å². The predicted octanol–water partition coefficient (Wildman–Crippen LogP) is 2.59. The lowest BCUT2D eigenvalue weighted by Gasteiger charge is -2.31. The molecule has 0 aliphatic rings. The van der Waals surface area contributed by atoms with Gasteiger partial charge >= 0.3 is 0 Å². The standard InChI is InChI=1S/C13H28N2O/c1-4-7-8-9-10-12(16)15-13(5-2,6-3)11-14/h4-11,14H2,1-3H3,(H,15,16). The summed E-state index contributed by atoms with van der Waals surface area (Å²) in [7, 11) is 0. The van der Waals surface area contributed by atoms with E-state index in [1.807, 2.05) is 0 Å². The smallest absolute Gasteiger partial charge is 0.220 e. The molecule has 0 aromatic rings. The van der Waals surface area contributed by atoms with Crippen molar-refractivity contribution in [2.75, 3.05) is 6.54 Å². The quantitative estimate of drug-likeness (QED) is 0.596. The lowest BCUT2D eigenvalue weighted by molar-refractivity contribution is -0.123. The molecule has 0 atom stereocenters. The second-order valence-corrected chi connectivity index (χ2v) is 4.55. The largest absolute Gasteiger partial charge is 0.349 e. The number of carbonyl (C=O) groups is 1. The molecular weight excluding hydrogens is 200 g/mol. The zero-order valence-corrected chi connectivity index (χ0v) is 11.1. The third kappa shape index (κ3) is 5.50. The maximum absolute atomic E-state index is 11.7. The molecule has 0 aliphatic heterocycles. The molecule has 0 bridgehead atoms. The summed E-state index contributed by atoms with van der Waals surface area (Å²) in [5.74, 6) is 0.158. The highest BCUT2D eigenvalue weighted by atomic mass is 16.1. The van der Waals surface area contributed by atoms with Gasteiger partial charge in [0.05, 0.1) is 5.54 Å². The van der Waals surface area contributed by atoms with Crippen LogP contribution in [0.1, 0.15) is 65.7 Å². The van der Waals surface area contributed by atoms with Crippen molar-refractivity contribution in [2.24, 2.45) is 5.73 Å². The molecule has 3 heteroatoms. The highest BCUT2D eigenvalue weighted by Gasteiger charge is 2.25. The van der Waals surface area contributed by atoms with Gasteiger partial charge in [0, 0.05) is 13.0 Å². The second-order valence-electron chi connectivity index (χ2n) is 4.55. The van der Waals surface area contributed by atoms with E-state index in [1.54, 1.807) is 0 Å². The van der Waals surface area contributed by atoms with Crippen LogP contribution in [0, 0.1) is 0 Å². The molecule has 0 spiro atoms. The zero-order valence-electron chi connectivity index (χ0n) is 11.1. The van der Waals surface area contributed by atoms with Gasteiger partial charge in [-0.25, -0.2) is 0 Å². The van der Waals surface area contributed by atoms with Crippen molar-refractivity contribution in [1.29, 1.82) is 0 Å². The van der Waals surface area contributed by atoms with E-state index in [1.165, 1.54) is 12.8 Å². The third-order valence-electron chi connectivity index (χ3n) is 3.41. The summed E-state index contributed by atoms with van der Waals surface area (Å²) in [5.41, 5.74) is 5.56. The van der Waals surface area contributed by atoms with Crippen LogP contribution in [-0.4, -0.2) is 18.0 Å². The highest BCUT2D eigenvalue weighted by Crippen LogP contribution is 2.14. The van der Waals surface area contributed by atoms with Gasteiger partial charge in [0.25, 0.3) is 0 Å². The topological polar surface area (TPSA) is 55.1 Å². The minimum atomic E-state index is -0.179. The van der Waals surface area contributed by atoms with Gasteiger partial charge in [-0.15, -0.1) is 0 Å². The van der Waals surface area contributed by atoms with Gasteiger partial charge in [0.1, 0.15) is 0 Å². The lowest BCUT2D eigenvalue weighted by atomic mass is 9.92. The number of hydrogen-bond donors (Lipinski definition) is 2. The molecule has 0 saturated heterocycles. The second kappa shape index (κ2) is 8.57. The zero-order chi connectivity index (χ0) is 12.4. The Hall–Kier alpha value is -0.570. The number of unbranched alkanes of at least 4 members (excludes halogenated alkanes) is 3. The fourth-order valence-electron chi connectivity index (χ4n) is 1.84. The van der Waals surface area contributed by atoms with Crippen LogP contribution in [-0.2, 0) is 4.79 Å². The maximum atomic E-state index is 11.7. The van der Waals surface area contributed by atoms with Gasteiger partial charge in [-0.3, -0.25) is 4.79 Å². The van der Waals surface area contributed by atoms with Crippen molar-refractivity contribution in [3.8, 4) is 0 Å². The van der Waals surface area contributed by atoms with E-state index in [4.69, 9.17) is 5.73 Å². The van der Waals surface area contributed by atoms with Gasteiger partial charge in [-0.2, -0.15) is 0 Å². The Labute approximate surface area is 100 Å². The molecule has 0 radical (unpaired) electrons. The van der Waals surface area contributed by atoms with E-state index in [0.29, 0.717) is 13.0 Å². The van der Waals surface area contributed by atoms with Crippen molar-refractivity contribution in [2.45, 2.75) is 71.3 Å². The van der Waals surface area contributed by atoms with Gasteiger partial charge < -0.3 is 11.1 Å². The molecule has 0 aliphatic carbocycles. The van der Waals surface area contributed by atoms with Crippen molar-refractivity contribution in [1.82, 2.24) is 5.32 Å². The van der Waals surface area contributed by atoms with Gasteiger partial charge in [-0.05, 0) is 19.3 Å². The molecule has 0 saturated carbocycles. The number of amides is 1. The summed E-state index contributed by atoms with van der Waals surface area (Å²) in [6.07, 6.45) is 7.02. The van der Waals surface area contributed by atoms with E-state index in [2.05, 4.69) is 26.1 Å². The first kappa shape index (κ1) is 15.4. The SMILES string of the molecule is CCCCCCC(=O)NC(CC)(CC)CN. The Bertz CT molecular complexity index is 180. The van der Waals surface area contributed by atoms with E-state index < -0.39 is 0 Å². The molecule has 0 unspecified atom stereocenters. The first-order valence-electron chi connectivity index (χ1n) is 6.65. The number of nitrogens with one attached hydrogen (secondary N) is 1. The summed E-state index contributed by atoms with van der Waals surface area (Å²) in [5, 5.41) is 3.09. The molecule has 3 N–H and O–H groups in total. The molecule has 0 aromatic carbocycles. The van der Waals surface area contributed by atoms with Crippen LogP contribution in [0.15, 0.2) is 0 Å². The summed E-state index contributed by atoms with van der Waals surface area (Å²) in [6.45, 7) is 6.86. The average Bonchev–Trinajstić information content (AvgIpc) is 2.32. The van der Waals surface area contributed by atoms with E-state index in [0.717, 1.165) is 25.7 Å². The minimum absolute atomic E-state index is 0.158. The summed E-state index contributed by atoms with van der Waals surface area (Å²) in [4.78, 5) is 11.7. The monoisotopic (exact) mass is 228 g/mol. The minimum Gasteiger partial charge on any atom is -0.349 e. The van der Waals surface area contributed by atoms with Crippen LogP contribution in [0.3, 0.4) is 0 Å². The van der Waals surface area contributed by atoms with Crippen molar-refractivity contribution < 1.29 is 4.79 Å². The number of nitrogens with two attached hydrogens (primary N) is 1. The van der Waals surface area contributed by atoms with Crippen LogP contribution in [0.2, 0.25) is 0 Å². The van der Waals surface area contributed by atoms with Crippen molar-refractivity contribution >= 4 is 5.91 Å². The number of rotatable bonds is 9. The van der Waals surface area contributed by atoms with Gasteiger partial charge in [0.15, 0.2) is 0 Å². The number of carbonyl (C=O) groups excluding carboxylic acids is 1. The third-order valence-corrected chi connectivity index (χ3v) is 3.41. The fraction of sp³-hybridized carbons (Fsp3) is 0.923. The van der Waals surface area contributed by atoms with Crippen LogP contribution in [0.5, 0.6) is 0 Å². The summed E-state index contributed by atoms with van der Waals surface area (Å²) < 4.78 is 0. The van der Waals surface area contributed by atoms with Crippen molar-refractivity contribution in [3.05, 3.63) is 0 Å². The molecule has 0 heterocycles. The molecule has 96 valence electrons. The average molecular weight is 228 g/mol. The Morgan fingerprint density at radius 3 is 2.19 bits per heavy atom. The van der Waals surface area contributed by atoms with Crippen LogP contribution in [0.25, 0.3) is 0 Å². The molecule has 16 heavy (non-hydrogen) atoms. The Balaban J connectivity index is 3.91. The predicted molar refractivity (Wildman–Crippen MR) is 69.3 cm³/mol. The van der Waals surface area contributed by atoms with Crippen LogP contribution < -0.4 is 11.1 Å². The molecule has 3 nitrogen and oxygen atoms in total. The molecule has 0 rings (SSSR count). The number of hydrogen-bond acceptors (Lipinski definition) is 2.